The van der Waals surface area contributed by atoms with Crippen LogP contribution in [0.5, 0.6) is 0 Å². The molecule has 2 aliphatic rings. The van der Waals surface area contributed by atoms with Gasteiger partial charge < -0.3 is 4.74 Å². The second-order valence-corrected chi connectivity index (χ2v) is 3.65. The highest BCUT2D eigenvalue weighted by Crippen LogP contribution is 2.41. The first-order chi connectivity index (χ1) is 4.27. The number of ether oxygens (including phenoxy) is 1. The van der Waals surface area contributed by atoms with Crippen molar-refractivity contribution in [1.82, 2.24) is 0 Å². The van der Waals surface area contributed by atoms with E-state index in [0.29, 0.717) is 12.2 Å². The maximum Gasteiger partial charge on any atom is 0.0631 e. The Morgan fingerprint density at radius 2 is 1.67 bits per heavy atom. The molecule has 0 aromatic rings. The Labute approximate surface area is 56.4 Å². The van der Waals surface area contributed by atoms with Crippen LogP contribution >= 0.6 is 0 Å². The molecule has 0 aromatic carbocycles. The summed E-state index contributed by atoms with van der Waals surface area (Å²) < 4.78 is 5.70. The maximum atomic E-state index is 5.70. The summed E-state index contributed by atoms with van der Waals surface area (Å²) in [6, 6.07) is 0. The van der Waals surface area contributed by atoms with Gasteiger partial charge in [-0.25, -0.2) is 0 Å². The summed E-state index contributed by atoms with van der Waals surface area (Å²) in [4.78, 5) is 0. The van der Waals surface area contributed by atoms with E-state index in [9.17, 15) is 0 Å². The van der Waals surface area contributed by atoms with Crippen LogP contribution in [0.1, 0.15) is 26.7 Å². The van der Waals surface area contributed by atoms with Crippen molar-refractivity contribution in [3.63, 3.8) is 0 Å². The highest BCUT2D eigenvalue weighted by molar-refractivity contribution is 4.91. The van der Waals surface area contributed by atoms with Gasteiger partial charge in [0.25, 0.3) is 0 Å². The van der Waals surface area contributed by atoms with Crippen LogP contribution in [0.15, 0.2) is 0 Å². The van der Waals surface area contributed by atoms with Gasteiger partial charge in [0.15, 0.2) is 0 Å². The van der Waals surface area contributed by atoms with Crippen molar-refractivity contribution in [2.75, 3.05) is 0 Å². The second kappa shape index (κ2) is 1.72. The van der Waals surface area contributed by atoms with Crippen molar-refractivity contribution in [3.8, 4) is 0 Å². The van der Waals surface area contributed by atoms with Crippen LogP contribution < -0.4 is 0 Å². The van der Waals surface area contributed by atoms with Crippen LogP contribution in [0, 0.1) is 11.8 Å². The van der Waals surface area contributed by atoms with Gasteiger partial charge in [-0.15, -0.1) is 0 Å². The van der Waals surface area contributed by atoms with Crippen molar-refractivity contribution >= 4 is 0 Å². The average Bonchev–Trinajstić information content (AvgIpc) is 2.22. The standard InChI is InChI=1S/C8H14O/c1-5-3-7-4-6(2)8(5)9-7/h5-8H,3-4H2,1-2H3/t5-,6+,7?,8?. The lowest BCUT2D eigenvalue weighted by molar-refractivity contribution is 0.0820. The van der Waals surface area contributed by atoms with Gasteiger partial charge in [-0.3, -0.25) is 0 Å². The molecular formula is C8H14O. The first-order valence-corrected chi connectivity index (χ1v) is 3.93. The molecule has 0 amide bonds. The van der Waals surface area contributed by atoms with Gasteiger partial charge in [0.2, 0.25) is 0 Å². The van der Waals surface area contributed by atoms with E-state index in [2.05, 4.69) is 13.8 Å². The molecule has 9 heavy (non-hydrogen) atoms. The Balaban J connectivity index is 2.13. The lowest BCUT2D eigenvalue weighted by atomic mass is 9.84. The molecule has 4 atom stereocenters. The van der Waals surface area contributed by atoms with Crippen LogP contribution in [0.4, 0.5) is 0 Å². The molecule has 0 N–H and O–H groups in total. The molecule has 1 heteroatoms. The van der Waals surface area contributed by atoms with E-state index in [4.69, 9.17) is 4.74 Å². The molecule has 1 nitrogen and oxygen atoms in total. The highest BCUT2D eigenvalue weighted by atomic mass is 16.5. The molecule has 2 fully saturated rings. The van der Waals surface area contributed by atoms with Gasteiger partial charge in [0.05, 0.1) is 12.2 Å². The molecule has 0 aliphatic carbocycles. The minimum atomic E-state index is 0.606. The molecule has 52 valence electrons. The van der Waals surface area contributed by atoms with Crippen LogP contribution in [0.25, 0.3) is 0 Å². The largest absolute Gasteiger partial charge is 0.374 e. The quantitative estimate of drug-likeness (QED) is 0.481. The minimum absolute atomic E-state index is 0.606. The molecule has 0 radical (unpaired) electrons. The summed E-state index contributed by atoms with van der Waals surface area (Å²) in [5, 5.41) is 0. The van der Waals surface area contributed by atoms with E-state index in [0.717, 1.165) is 11.8 Å². The van der Waals surface area contributed by atoms with Crippen LogP contribution in [-0.2, 0) is 4.74 Å². The molecule has 0 saturated carbocycles. The lowest BCUT2D eigenvalue weighted by Crippen LogP contribution is -2.21. The van der Waals surface area contributed by atoms with E-state index in [1.165, 1.54) is 12.8 Å². The summed E-state index contributed by atoms with van der Waals surface area (Å²) in [7, 11) is 0. The molecule has 2 aliphatic heterocycles. The summed E-state index contributed by atoms with van der Waals surface area (Å²) in [5.41, 5.74) is 0. The van der Waals surface area contributed by atoms with Crippen molar-refractivity contribution in [1.29, 1.82) is 0 Å². The van der Waals surface area contributed by atoms with Crippen LogP contribution in [0.2, 0.25) is 0 Å². The normalized spacial score (nSPS) is 56.7. The fourth-order valence-electron chi connectivity index (χ4n) is 2.36. The number of hydrogen-bond acceptors (Lipinski definition) is 1. The number of rotatable bonds is 0. The van der Waals surface area contributed by atoms with E-state index in [1.54, 1.807) is 0 Å². The molecule has 2 rings (SSSR count). The van der Waals surface area contributed by atoms with Gasteiger partial charge in [-0.05, 0) is 24.7 Å². The smallest absolute Gasteiger partial charge is 0.0631 e. The Kier molecular flexibility index (Phi) is 1.10. The average molecular weight is 126 g/mol. The summed E-state index contributed by atoms with van der Waals surface area (Å²) >= 11 is 0. The maximum absolute atomic E-state index is 5.70. The van der Waals surface area contributed by atoms with E-state index in [1.807, 2.05) is 0 Å². The van der Waals surface area contributed by atoms with Crippen molar-refractivity contribution in [2.24, 2.45) is 11.8 Å². The van der Waals surface area contributed by atoms with E-state index >= 15 is 0 Å². The molecule has 0 spiro atoms. The van der Waals surface area contributed by atoms with Crippen molar-refractivity contribution in [2.45, 2.75) is 38.9 Å². The summed E-state index contributed by atoms with van der Waals surface area (Å²) in [6.07, 6.45) is 3.86. The Morgan fingerprint density at radius 1 is 1.11 bits per heavy atom. The summed E-state index contributed by atoms with van der Waals surface area (Å²) in [5.74, 6) is 1.66. The van der Waals surface area contributed by atoms with Crippen LogP contribution in [0.3, 0.4) is 0 Å². The molecule has 2 saturated heterocycles. The predicted molar refractivity (Wildman–Crippen MR) is 36.2 cm³/mol. The molecule has 2 bridgehead atoms. The molecular weight excluding hydrogens is 112 g/mol. The monoisotopic (exact) mass is 126 g/mol. The van der Waals surface area contributed by atoms with E-state index < -0.39 is 0 Å². The zero-order valence-corrected chi connectivity index (χ0v) is 6.13. The van der Waals surface area contributed by atoms with Gasteiger partial charge >= 0.3 is 0 Å². The third-order valence-electron chi connectivity index (χ3n) is 2.74. The molecule has 0 aromatic heterocycles. The van der Waals surface area contributed by atoms with E-state index in [-0.39, 0.29) is 0 Å². The first kappa shape index (κ1) is 5.72. The zero-order chi connectivity index (χ0) is 6.43. The highest BCUT2D eigenvalue weighted by Gasteiger charge is 2.42. The molecule has 2 unspecified atom stereocenters. The predicted octanol–water partition coefficient (Wildman–Crippen LogP) is 1.82. The minimum Gasteiger partial charge on any atom is -0.374 e. The lowest BCUT2D eigenvalue weighted by Gasteiger charge is -2.19. The fraction of sp³-hybridized carbons (Fsp3) is 1.00. The third kappa shape index (κ3) is 0.710. The van der Waals surface area contributed by atoms with Gasteiger partial charge in [-0.2, -0.15) is 0 Å². The van der Waals surface area contributed by atoms with Gasteiger partial charge in [-0.1, -0.05) is 13.8 Å². The first-order valence-electron chi connectivity index (χ1n) is 3.93. The van der Waals surface area contributed by atoms with Crippen LogP contribution in [-0.4, -0.2) is 12.2 Å². The van der Waals surface area contributed by atoms with Crippen molar-refractivity contribution < 1.29 is 4.74 Å². The Morgan fingerprint density at radius 3 is 1.89 bits per heavy atom. The third-order valence-corrected chi connectivity index (χ3v) is 2.74. The number of fused-ring (bicyclic) bond motifs is 2. The number of hydrogen-bond donors (Lipinski definition) is 0. The SMILES string of the molecule is C[C@@H]1CC2C[C@H](C)C1O2. The van der Waals surface area contributed by atoms with Gasteiger partial charge in [0, 0.05) is 0 Å². The van der Waals surface area contributed by atoms with Crippen molar-refractivity contribution in [3.05, 3.63) is 0 Å². The Hall–Kier alpha value is -0.0400. The van der Waals surface area contributed by atoms with Gasteiger partial charge in [0.1, 0.15) is 0 Å². The fourth-order valence-corrected chi connectivity index (χ4v) is 2.36. The topological polar surface area (TPSA) is 9.23 Å². The second-order valence-electron chi connectivity index (χ2n) is 3.65. The Bertz CT molecular complexity index is 110. The summed E-state index contributed by atoms with van der Waals surface area (Å²) in [6.45, 7) is 4.61. The molecule has 2 heterocycles. The zero-order valence-electron chi connectivity index (χ0n) is 6.13.